The summed E-state index contributed by atoms with van der Waals surface area (Å²) in [6, 6.07) is 7.06. The number of nitrogens with two attached hydrogens (primary N) is 1. The molecule has 2 aromatic heterocycles. The van der Waals surface area contributed by atoms with E-state index >= 15 is 0 Å². The summed E-state index contributed by atoms with van der Waals surface area (Å²) in [6.07, 6.45) is 3.15. The zero-order valence-corrected chi connectivity index (χ0v) is 11.7. The predicted octanol–water partition coefficient (Wildman–Crippen LogP) is 1.10. The third-order valence-corrected chi connectivity index (χ3v) is 3.07. The van der Waals surface area contributed by atoms with E-state index in [9.17, 15) is 4.79 Å². The molecule has 0 saturated carbocycles. The molecule has 106 valence electrons. The van der Waals surface area contributed by atoms with E-state index < -0.39 is 0 Å². The predicted molar refractivity (Wildman–Crippen MR) is 79.1 cm³/mol. The van der Waals surface area contributed by atoms with Gasteiger partial charge in [-0.25, -0.2) is 14.6 Å². The van der Waals surface area contributed by atoms with Gasteiger partial charge < -0.3 is 10.6 Å². The topological polar surface area (TPSA) is 89.9 Å². The third kappa shape index (κ3) is 2.29. The maximum atomic E-state index is 11.9. The van der Waals surface area contributed by atoms with E-state index in [1.54, 1.807) is 43.2 Å². The number of anilines is 1. The van der Waals surface area contributed by atoms with Crippen molar-refractivity contribution in [1.29, 1.82) is 0 Å². The minimum absolute atomic E-state index is 0.156. The van der Waals surface area contributed by atoms with Crippen LogP contribution in [0.3, 0.4) is 0 Å². The van der Waals surface area contributed by atoms with Crippen LogP contribution in [0, 0.1) is 0 Å². The van der Waals surface area contributed by atoms with Crippen LogP contribution in [0.15, 0.2) is 36.8 Å². The number of nitrogens with zero attached hydrogens (tertiary/aromatic N) is 5. The molecule has 2 N–H and O–H groups in total. The summed E-state index contributed by atoms with van der Waals surface area (Å²) < 4.78 is 1.57. The van der Waals surface area contributed by atoms with Gasteiger partial charge in [0.15, 0.2) is 11.5 Å². The lowest BCUT2D eigenvalue weighted by molar-refractivity contribution is 0.0821. The summed E-state index contributed by atoms with van der Waals surface area (Å²) in [7, 11) is 3.37. The van der Waals surface area contributed by atoms with Crippen molar-refractivity contribution >= 4 is 22.5 Å². The van der Waals surface area contributed by atoms with Gasteiger partial charge in [0.05, 0.1) is 5.52 Å². The molecule has 3 rings (SSSR count). The molecule has 0 spiro atoms. The zero-order valence-electron chi connectivity index (χ0n) is 11.7. The van der Waals surface area contributed by atoms with Crippen molar-refractivity contribution in [2.45, 2.75) is 0 Å². The molecule has 0 fully saturated rings. The fourth-order valence-corrected chi connectivity index (χ4v) is 2.03. The Balaban J connectivity index is 2.11. The molecule has 21 heavy (non-hydrogen) atoms. The Hall–Kier alpha value is -2.96. The van der Waals surface area contributed by atoms with Gasteiger partial charge in [-0.3, -0.25) is 4.79 Å². The highest BCUT2D eigenvalue weighted by atomic mass is 16.2. The molecule has 0 aliphatic carbocycles. The molecule has 1 amide bonds. The Bertz CT molecular complexity index is 823. The second-order valence-corrected chi connectivity index (χ2v) is 4.82. The van der Waals surface area contributed by atoms with Gasteiger partial charge in [-0.05, 0) is 24.3 Å². The first-order valence-corrected chi connectivity index (χ1v) is 6.34. The fourth-order valence-electron chi connectivity index (χ4n) is 2.03. The van der Waals surface area contributed by atoms with Crippen molar-refractivity contribution in [1.82, 2.24) is 24.6 Å². The maximum absolute atomic E-state index is 11.9. The van der Waals surface area contributed by atoms with E-state index in [1.807, 2.05) is 6.07 Å². The standard InChI is InChI=1S/C14H14N6O/c1-19(2)14(21)11-5-6-20(18-11)13-10-4-3-9(15)7-12(10)16-8-17-13/h3-8H,15H2,1-2H3. The van der Waals surface area contributed by atoms with Crippen LogP contribution in [-0.2, 0) is 0 Å². The average molecular weight is 282 g/mol. The summed E-state index contributed by atoms with van der Waals surface area (Å²) in [5.74, 6) is 0.453. The van der Waals surface area contributed by atoms with Crippen molar-refractivity contribution in [3.05, 3.63) is 42.5 Å². The molecule has 0 bridgehead atoms. The molecule has 0 atom stereocenters. The average Bonchev–Trinajstić information content (AvgIpc) is 2.94. The van der Waals surface area contributed by atoms with Crippen LogP contribution >= 0.6 is 0 Å². The second kappa shape index (κ2) is 4.86. The third-order valence-electron chi connectivity index (χ3n) is 3.07. The first-order valence-electron chi connectivity index (χ1n) is 6.34. The maximum Gasteiger partial charge on any atom is 0.273 e. The van der Waals surface area contributed by atoms with Crippen molar-refractivity contribution in [2.75, 3.05) is 19.8 Å². The highest BCUT2D eigenvalue weighted by Crippen LogP contribution is 2.20. The van der Waals surface area contributed by atoms with Crippen LogP contribution in [0.4, 0.5) is 5.69 Å². The number of fused-ring (bicyclic) bond motifs is 1. The Morgan fingerprint density at radius 3 is 2.81 bits per heavy atom. The molecule has 7 heteroatoms. The van der Waals surface area contributed by atoms with Crippen molar-refractivity contribution < 1.29 is 4.79 Å². The van der Waals surface area contributed by atoms with Gasteiger partial charge >= 0.3 is 0 Å². The van der Waals surface area contributed by atoms with Gasteiger partial charge in [-0.2, -0.15) is 5.10 Å². The van der Waals surface area contributed by atoms with Crippen LogP contribution in [-0.4, -0.2) is 44.7 Å². The molecule has 1 aromatic carbocycles. The van der Waals surface area contributed by atoms with Gasteiger partial charge in [0.1, 0.15) is 6.33 Å². The van der Waals surface area contributed by atoms with E-state index in [4.69, 9.17) is 5.73 Å². The van der Waals surface area contributed by atoms with Crippen molar-refractivity contribution in [3.8, 4) is 5.82 Å². The molecule has 7 nitrogen and oxygen atoms in total. The summed E-state index contributed by atoms with van der Waals surface area (Å²) in [6.45, 7) is 0. The monoisotopic (exact) mass is 282 g/mol. The summed E-state index contributed by atoms with van der Waals surface area (Å²) in [5.41, 5.74) is 7.49. The van der Waals surface area contributed by atoms with Crippen LogP contribution in [0.1, 0.15) is 10.5 Å². The molecule has 0 radical (unpaired) electrons. The lowest BCUT2D eigenvalue weighted by Gasteiger charge is -2.07. The van der Waals surface area contributed by atoms with Crippen LogP contribution < -0.4 is 5.73 Å². The van der Waals surface area contributed by atoms with E-state index in [0.29, 0.717) is 17.2 Å². The molecule has 0 aliphatic heterocycles. The minimum atomic E-state index is -0.156. The molecule has 0 unspecified atom stereocenters. The van der Waals surface area contributed by atoms with Crippen molar-refractivity contribution in [2.24, 2.45) is 0 Å². The lowest BCUT2D eigenvalue weighted by atomic mass is 10.2. The van der Waals surface area contributed by atoms with E-state index in [0.717, 1.165) is 10.9 Å². The van der Waals surface area contributed by atoms with Gasteiger partial charge in [0, 0.05) is 31.4 Å². The Morgan fingerprint density at radius 1 is 1.24 bits per heavy atom. The number of carbonyl (C=O) groups is 1. The molecular formula is C14H14N6O. The minimum Gasteiger partial charge on any atom is -0.399 e. The lowest BCUT2D eigenvalue weighted by Crippen LogP contribution is -2.22. The number of rotatable bonds is 2. The first-order chi connectivity index (χ1) is 10.1. The summed E-state index contributed by atoms with van der Waals surface area (Å²) in [5, 5.41) is 5.10. The number of hydrogen-bond acceptors (Lipinski definition) is 5. The Kier molecular flexibility index (Phi) is 3.02. The van der Waals surface area contributed by atoms with Gasteiger partial charge in [0.25, 0.3) is 5.91 Å². The quantitative estimate of drug-likeness (QED) is 0.711. The van der Waals surface area contributed by atoms with E-state index in [2.05, 4.69) is 15.1 Å². The molecule has 2 heterocycles. The van der Waals surface area contributed by atoms with E-state index in [1.165, 1.54) is 11.2 Å². The molecular weight excluding hydrogens is 268 g/mol. The first kappa shape index (κ1) is 13.0. The highest BCUT2D eigenvalue weighted by molar-refractivity contribution is 5.92. The number of aromatic nitrogens is 4. The molecule has 3 aromatic rings. The number of benzene rings is 1. The molecule has 0 saturated heterocycles. The Labute approximate surface area is 121 Å². The fraction of sp³-hybridized carbons (Fsp3) is 0.143. The zero-order chi connectivity index (χ0) is 15.0. The van der Waals surface area contributed by atoms with Crippen LogP contribution in [0.25, 0.3) is 16.7 Å². The number of hydrogen-bond donors (Lipinski definition) is 1. The highest BCUT2D eigenvalue weighted by Gasteiger charge is 2.13. The number of carbonyl (C=O) groups excluding carboxylic acids is 1. The number of nitrogen functional groups attached to an aromatic ring is 1. The smallest absolute Gasteiger partial charge is 0.273 e. The van der Waals surface area contributed by atoms with Gasteiger partial charge in [-0.1, -0.05) is 0 Å². The van der Waals surface area contributed by atoms with E-state index in [-0.39, 0.29) is 5.91 Å². The normalized spacial score (nSPS) is 10.8. The van der Waals surface area contributed by atoms with Gasteiger partial charge in [-0.15, -0.1) is 0 Å². The SMILES string of the molecule is CN(C)C(=O)c1ccn(-c2ncnc3cc(N)ccc23)n1. The Morgan fingerprint density at radius 2 is 2.05 bits per heavy atom. The van der Waals surface area contributed by atoms with Crippen LogP contribution in [0.5, 0.6) is 0 Å². The molecule has 0 aliphatic rings. The largest absolute Gasteiger partial charge is 0.399 e. The number of amides is 1. The van der Waals surface area contributed by atoms with Crippen LogP contribution in [0.2, 0.25) is 0 Å². The van der Waals surface area contributed by atoms with Gasteiger partial charge in [0.2, 0.25) is 0 Å². The van der Waals surface area contributed by atoms with Crippen molar-refractivity contribution in [3.63, 3.8) is 0 Å². The summed E-state index contributed by atoms with van der Waals surface area (Å²) >= 11 is 0. The second-order valence-electron chi connectivity index (χ2n) is 4.82. The summed E-state index contributed by atoms with van der Waals surface area (Å²) in [4.78, 5) is 21.8.